The van der Waals surface area contributed by atoms with E-state index >= 15 is 0 Å². The number of rotatable bonds is 5. The molecular weight excluding hydrogens is 312 g/mol. The molecule has 0 spiro atoms. The summed E-state index contributed by atoms with van der Waals surface area (Å²) in [7, 11) is 2.14. The van der Waals surface area contributed by atoms with E-state index in [2.05, 4.69) is 27.1 Å². The fourth-order valence-corrected chi connectivity index (χ4v) is 3.24. The van der Waals surface area contributed by atoms with Crippen molar-refractivity contribution < 1.29 is 9.21 Å². The minimum absolute atomic E-state index is 0.164. The maximum Gasteiger partial charge on any atom is 0.273 e. The smallest absolute Gasteiger partial charge is 0.273 e. The van der Waals surface area contributed by atoms with Gasteiger partial charge in [0.2, 0.25) is 5.89 Å². The SMILES string of the molecule is Cc1oc(-c2cccs2)nc1C(=O)NCCN1CCN(C)CC1. The van der Waals surface area contributed by atoms with Gasteiger partial charge in [0.15, 0.2) is 5.69 Å². The van der Waals surface area contributed by atoms with E-state index in [4.69, 9.17) is 4.42 Å². The molecule has 3 rings (SSSR count). The van der Waals surface area contributed by atoms with Crippen LogP contribution >= 0.6 is 11.3 Å². The van der Waals surface area contributed by atoms with Gasteiger partial charge in [-0.05, 0) is 25.4 Å². The highest BCUT2D eigenvalue weighted by Crippen LogP contribution is 2.25. The molecule has 1 aliphatic heterocycles. The summed E-state index contributed by atoms with van der Waals surface area (Å²) in [6.45, 7) is 7.55. The van der Waals surface area contributed by atoms with E-state index in [9.17, 15) is 4.79 Å². The number of hydrogen-bond donors (Lipinski definition) is 1. The molecule has 1 saturated heterocycles. The third kappa shape index (κ3) is 3.99. The van der Waals surface area contributed by atoms with Crippen molar-refractivity contribution in [1.29, 1.82) is 0 Å². The first kappa shape index (κ1) is 16.2. The summed E-state index contributed by atoms with van der Waals surface area (Å²) in [5, 5.41) is 4.91. The average molecular weight is 334 g/mol. The monoisotopic (exact) mass is 334 g/mol. The van der Waals surface area contributed by atoms with Crippen LogP contribution in [0.4, 0.5) is 0 Å². The first-order valence-corrected chi connectivity index (χ1v) is 8.72. The Morgan fingerprint density at radius 2 is 2.17 bits per heavy atom. The van der Waals surface area contributed by atoms with Gasteiger partial charge in [-0.1, -0.05) is 6.07 Å². The third-order valence-corrected chi connectivity index (χ3v) is 4.91. The molecule has 6 nitrogen and oxygen atoms in total. The summed E-state index contributed by atoms with van der Waals surface area (Å²) in [6.07, 6.45) is 0. The molecule has 0 aliphatic carbocycles. The van der Waals surface area contributed by atoms with Crippen LogP contribution in [0.5, 0.6) is 0 Å². The molecule has 23 heavy (non-hydrogen) atoms. The van der Waals surface area contributed by atoms with Gasteiger partial charge in [-0.25, -0.2) is 4.98 Å². The Bertz CT molecular complexity index is 645. The molecule has 1 amide bonds. The molecule has 2 aromatic rings. The highest BCUT2D eigenvalue weighted by Gasteiger charge is 2.19. The van der Waals surface area contributed by atoms with Crippen molar-refractivity contribution in [2.75, 3.05) is 46.3 Å². The average Bonchev–Trinajstić information content (AvgIpc) is 3.18. The van der Waals surface area contributed by atoms with E-state index in [1.54, 1.807) is 18.3 Å². The van der Waals surface area contributed by atoms with Gasteiger partial charge in [0.05, 0.1) is 4.88 Å². The predicted octanol–water partition coefficient (Wildman–Crippen LogP) is 1.69. The molecule has 1 aliphatic rings. The van der Waals surface area contributed by atoms with Gasteiger partial charge < -0.3 is 14.6 Å². The maximum atomic E-state index is 12.3. The van der Waals surface area contributed by atoms with Crippen LogP contribution in [0.25, 0.3) is 10.8 Å². The zero-order valence-corrected chi connectivity index (χ0v) is 14.4. The number of thiophene rings is 1. The number of hydrogen-bond acceptors (Lipinski definition) is 6. The van der Waals surface area contributed by atoms with Crippen LogP contribution in [0.15, 0.2) is 21.9 Å². The second-order valence-electron chi connectivity index (χ2n) is 5.80. The number of amides is 1. The summed E-state index contributed by atoms with van der Waals surface area (Å²) in [4.78, 5) is 22.2. The van der Waals surface area contributed by atoms with Gasteiger partial charge >= 0.3 is 0 Å². The second-order valence-corrected chi connectivity index (χ2v) is 6.75. The lowest BCUT2D eigenvalue weighted by molar-refractivity contribution is 0.0935. The lowest BCUT2D eigenvalue weighted by Gasteiger charge is -2.32. The zero-order chi connectivity index (χ0) is 16.2. The lowest BCUT2D eigenvalue weighted by atomic mass is 10.3. The van der Waals surface area contributed by atoms with Gasteiger partial charge in [-0.2, -0.15) is 0 Å². The van der Waals surface area contributed by atoms with Crippen molar-refractivity contribution >= 4 is 17.2 Å². The van der Waals surface area contributed by atoms with Gasteiger partial charge in [0.1, 0.15) is 5.76 Å². The summed E-state index contributed by atoms with van der Waals surface area (Å²) in [5.41, 5.74) is 0.381. The number of oxazole rings is 1. The van der Waals surface area contributed by atoms with Gasteiger partial charge in [0, 0.05) is 39.3 Å². The minimum Gasteiger partial charge on any atom is -0.440 e. The van der Waals surface area contributed by atoms with E-state index in [0.29, 0.717) is 23.9 Å². The molecule has 0 radical (unpaired) electrons. The molecule has 0 atom stereocenters. The number of piperazine rings is 1. The van der Waals surface area contributed by atoms with Crippen molar-refractivity contribution in [3.8, 4) is 10.8 Å². The fourth-order valence-electron chi connectivity index (χ4n) is 2.60. The Morgan fingerprint density at radius 3 is 2.87 bits per heavy atom. The first-order chi connectivity index (χ1) is 11.1. The third-order valence-electron chi connectivity index (χ3n) is 4.05. The summed E-state index contributed by atoms with van der Waals surface area (Å²) >= 11 is 1.55. The lowest BCUT2D eigenvalue weighted by Crippen LogP contribution is -2.46. The first-order valence-electron chi connectivity index (χ1n) is 7.84. The fraction of sp³-hybridized carbons (Fsp3) is 0.500. The Balaban J connectivity index is 1.52. The Kier molecular flexibility index (Phi) is 5.09. The van der Waals surface area contributed by atoms with Crippen LogP contribution in [-0.2, 0) is 0 Å². The minimum atomic E-state index is -0.164. The predicted molar refractivity (Wildman–Crippen MR) is 90.8 cm³/mol. The van der Waals surface area contributed by atoms with Crippen molar-refractivity contribution in [1.82, 2.24) is 20.1 Å². The van der Waals surface area contributed by atoms with Gasteiger partial charge in [-0.3, -0.25) is 9.69 Å². The normalized spacial score (nSPS) is 16.6. The largest absolute Gasteiger partial charge is 0.440 e. The number of likely N-dealkylation sites (N-methyl/N-ethyl adjacent to an activating group) is 1. The molecule has 124 valence electrons. The molecule has 0 bridgehead atoms. The van der Waals surface area contributed by atoms with E-state index < -0.39 is 0 Å². The Labute approximate surface area is 140 Å². The number of aryl methyl sites for hydroxylation is 1. The maximum absolute atomic E-state index is 12.3. The van der Waals surface area contributed by atoms with Gasteiger partial charge in [0.25, 0.3) is 5.91 Å². The molecule has 1 N–H and O–H groups in total. The van der Waals surface area contributed by atoms with Crippen LogP contribution in [-0.4, -0.2) is 67.0 Å². The number of nitrogens with zero attached hydrogens (tertiary/aromatic N) is 3. The standard InChI is InChI=1S/C16H22N4O2S/c1-12-14(18-16(22-12)13-4-3-11-23-13)15(21)17-5-6-20-9-7-19(2)8-10-20/h3-4,11H,5-10H2,1-2H3,(H,17,21). The molecule has 1 fully saturated rings. The topological polar surface area (TPSA) is 61.6 Å². The Hall–Kier alpha value is -1.70. The van der Waals surface area contributed by atoms with Crippen LogP contribution in [0, 0.1) is 6.92 Å². The van der Waals surface area contributed by atoms with Crippen molar-refractivity contribution in [3.05, 3.63) is 29.0 Å². The molecule has 2 aromatic heterocycles. The van der Waals surface area contributed by atoms with Crippen molar-refractivity contribution in [2.45, 2.75) is 6.92 Å². The van der Waals surface area contributed by atoms with Crippen LogP contribution in [0.1, 0.15) is 16.2 Å². The highest BCUT2D eigenvalue weighted by atomic mass is 32.1. The summed E-state index contributed by atoms with van der Waals surface area (Å²) in [5.74, 6) is 0.912. The van der Waals surface area contributed by atoms with E-state index in [-0.39, 0.29) is 5.91 Å². The quantitative estimate of drug-likeness (QED) is 0.902. The number of carbonyl (C=O) groups excluding carboxylic acids is 1. The van der Waals surface area contributed by atoms with E-state index in [0.717, 1.165) is 37.6 Å². The summed E-state index contributed by atoms with van der Waals surface area (Å²) < 4.78 is 5.61. The van der Waals surface area contributed by atoms with Crippen molar-refractivity contribution in [3.63, 3.8) is 0 Å². The van der Waals surface area contributed by atoms with Crippen LogP contribution in [0.3, 0.4) is 0 Å². The number of carbonyl (C=O) groups is 1. The number of aromatic nitrogens is 1. The molecule has 0 unspecified atom stereocenters. The van der Waals surface area contributed by atoms with Crippen LogP contribution in [0.2, 0.25) is 0 Å². The molecule has 7 heteroatoms. The molecule has 0 aromatic carbocycles. The van der Waals surface area contributed by atoms with Crippen molar-refractivity contribution in [2.24, 2.45) is 0 Å². The van der Waals surface area contributed by atoms with Crippen LogP contribution < -0.4 is 5.32 Å². The zero-order valence-electron chi connectivity index (χ0n) is 13.5. The highest BCUT2D eigenvalue weighted by molar-refractivity contribution is 7.13. The summed E-state index contributed by atoms with van der Waals surface area (Å²) in [6, 6.07) is 3.88. The molecule has 0 saturated carbocycles. The Morgan fingerprint density at radius 1 is 1.39 bits per heavy atom. The molecule has 3 heterocycles. The van der Waals surface area contributed by atoms with E-state index in [1.165, 1.54) is 0 Å². The van der Waals surface area contributed by atoms with E-state index in [1.807, 2.05) is 17.5 Å². The number of nitrogens with one attached hydrogen (secondary N) is 1. The molecular formula is C16H22N4O2S. The second kappa shape index (κ2) is 7.25. The van der Waals surface area contributed by atoms with Gasteiger partial charge in [-0.15, -0.1) is 11.3 Å².